The smallest absolute Gasteiger partial charge is 0.288 e. The normalized spacial score (nSPS) is 11.5. The Kier molecular flexibility index (Phi) is 4.13. The molecule has 0 N–H and O–H groups in total. The molecule has 0 radical (unpaired) electrons. The first kappa shape index (κ1) is 15.6. The van der Waals surface area contributed by atoms with E-state index in [0.29, 0.717) is 12.1 Å². The summed E-state index contributed by atoms with van der Waals surface area (Å²) in [5.74, 6) is -2.96. The van der Waals surface area contributed by atoms with Crippen LogP contribution in [0.15, 0.2) is 40.9 Å². The Balaban J connectivity index is 2.49. The predicted molar refractivity (Wildman–Crippen MR) is 68.9 cm³/mol. The van der Waals surface area contributed by atoms with Gasteiger partial charge >= 0.3 is 6.18 Å². The van der Waals surface area contributed by atoms with Crippen molar-refractivity contribution >= 4 is 21.7 Å². The third-order valence-electron chi connectivity index (χ3n) is 2.71. The van der Waals surface area contributed by atoms with Crippen LogP contribution < -0.4 is 0 Å². The van der Waals surface area contributed by atoms with E-state index in [4.69, 9.17) is 0 Å². The molecule has 2 aromatic carbocycles. The van der Waals surface area contributed by atoms with Crippen LogP contribution in [0.4, 0.5) is 22.0 Å². The van der Waals surface area contributed by atoms with E-state index >= 15 is 0 Å². The summed E-state index contributed by atoms with van der Waals surface area (Å²) in [7, 11) is 0. The number of benzene rings is 2. The third kappa shape index (κ3) is 3.29. The second kappa shape index (κ2) is 5.55. The standard InChI is InChI=1S/C14H6BrF5O/c15-11-4-1-7(5-10(11)14(18,19)20)13(21)9-3-2-8(16)6-12(9)17/h1-6H. The third-order valence-corrected chi connectivity index (χ3v) is 3.40. The minimum absolute atomic E-state index is 0.230. The highest BCUT2D eigenvalue weighted by Gasteiger charge is 2.33. The van der Waals surface area contributed by atoms with Gasteiger partial charge in [-0.2, -0.15) is 13.2 Å². The van der Waals surface area contributed by atoms with Gasteiger partial charge in [0.25, 0.3) is 0 Å². The molecule has 0 aromatic heterocycles. The number of hydrogen-bond donors (Lipinski definition) is 0. The van der Waals surface area contributed by atoms with Gasteiger partial charge in [0.15, 0.2) is 5.78 Å². The van der Waals surface area contributed by atoms with Crippen LogP contribution in [-0.2, 0) is 6.18 Å². The Morgan fingerprint density at radius 2 is 1.67 bits per heavy atom. The minimum Gasteiger partial charge on any atom is -0.288 e. The topological polar surface area (TPSA) is 17.1 Å². The van der Waals surface area contributed by atoms with E-state index in [1.165, 1.54) is 0 Å². The Morgan fingerprint density at radius 3 is 2.24 bits per heavy atom. The van der Waals surface area contributed by atoms with Crippen LogP contribution in [0.5, 0.6) is 0 Å². The van der Waals surface area contributed by atoms with E-state index in [0.717, 1.165) is 24.3 Å². The molecule has 0 aliphatic carbocycles. The van der Waals surface area contributed by atoms with E-state index in [1.54, 1.807) is 0 Å². The summed E-state index contributed by atoms with van der Waals surface area (Å²) in [6.07, 6.45) is -4.66. The van der Waals surface area contributed by atoms with Crippen LogP contribution in [0, 0.1) is 11.6 Å². The quantitative estimate of drug-likeness (QED) is 0.542. The number of ketones is 1. The zero-order valence-corrected chi connectivity index (χ0v) is 11.7. The van der Waals surface area contributed by atoms with Crippen molar-refractivity contribution in [3.05, 3.63) is 69.2 Å². The van der Waals surface area contributed by atoms with Gasteiger partial charge in [-0.15, -0.1) is 0 Å². The zero-order chi connectivity index (χ0) is 15.8. The first-order valence-electron chi connectivity index (χ1n) is 5.56. The molecular weight excluding hydrogens is 359 g/mol. The second-order valence-corrected chi connectivity index (χ2v) is 5.00. The van der Waals surface area contributed by atoms with Gasteiger partial charge in [0.1, 0.15) is 11.6 Å². The van der Waals surface area contributed by atoms with Gasteiger partial charge in [-0.1, -0.05) is 15.9 Å². The van der Waals surface area contributed by atoms with Gasteiger partial charge in [-0.25, -0.2) is 8.78 Å². The molecule has 0 spiro atoms. The van der Waals surface area contributed by atoms with Crippen LogP contribution >= 0.6 is 15.9 Å². The molecule has 0 bridgehead atoms. The van der Waals surface area contributed by atoms with Crippen molar-refractivity contribution in [1.82, 2.24) is 0 Å². The SMILES string of the molecule is O=C(c1ccc(Br)c(C(F)(F)F)c1)c1ccc(F)cc1F. The molecule has 0 atom stereocenters. The van der Waals surface area contributed by atoms with Gasteiger partial charge in [-0.3, -0.25) is 4.79 Å². The fourth-order valence-electron chi connectivity index (χ4n) is 1.71. The molecule has 0 saturated heterocycles. The number of rotatable bonds is 2. The highest BCUT2D eigenvalue weighted by atomic mass is 79.9. The van der Waals surface area contributed by atoms with Gasteiger partial charge in [0, 0.05) is 16.1 Å². The van der Waals surface area contributed by atoms with E-state index in [-0.39, 0.29) is 10.0 Å². The molecule has 0 saturated carbocycles. The maximum absolute atomic E-state index is 13.5. The molecule has 7 heteroatoms. The molecule has 21 heavy (non-hydrogen) atoms. The first-order valence-corrected chi connectivity index (χ1v) is 6.36. The molecule has 0 amide bonds. The second-order valence-electron chi connectivity index (χ2n) is 4.15. The highest BCUT2D eigenvalue weighted by Crippen LogP contribution is 2.35. The monoisotopic (exact) mass is 364 g/mol. The number of alkyl halides is 3. The largest absolute Gasteiger partial charge is 0.417 e. The van der Waals surface area contributed by atoms with Gasteiger partial charge in [0.05, 0.1) is 11.1 Å². The van der Waals surface area contributed by atoms with E-state index < -0.39 is 34.7 Å². The van der Waals surface area contributed by atoms with Crippen molar-refractivity contribution in [2.45, 2.75) is 6.18 Å². The van der Waals surface area contributed by atoms with E-state index in [9.17, 15) is 26.7 Å². The lowest BCUT2D eigenvalue weighted by atomic mass is 10.0. The van der Waals surface area contributed by atoms with Crippen molar-refractivity contribution in [3.8, 4) is 0 Å². The zero-order valence-electron chi connectivity index (χ0n) is 10.1. The van der Waals surface area contributed by atoms with E-state index in [2.05, 4.69) is 15.9 Å². The van der Waals surface area contributed by atoms with Crippen LogP contribution in [0.2, 0.25) is 0 Å². The van der Waals surface area contributed by atoms with Crippen molar-refractivity contribution in [3.63, 3.8) is 0 Å². The molecule has 1 nitrogen and oxygen atoms in total. The number of carbonyl (C=O) groups is 1. The number of carbonyl (C=O) groups excluding carboxylic acids is 1. The maximum atomic E-state index is 13.5. The molecule has 0 aliphatic rings. The maximum Gasteiger partial charge on any atom is 0.417 e. The number of halogens is 6. The summed E-state index contributed by atoms with van der Waals surface area (Å²) in [4.78, 5) is 12.0. The van der Waals surface area contributed by atoms with Gasteiger partial charge in [-0.05, 0) is 30.3 Å². The molecule has 110 valence electrons. The summed E-state index contributed by atoms with van der Waals surface area (Å²) in [6.45, 7) is 0. The summed E-state index contributed by atoms with van der Waals surface area (Å²) < 4.78 is 64.3. The molecule has 0 aliphatic heterocycles. The summed E-state index contributed by atoms with van der Waals surface area (Å²) in [6, 6.07) is 5.05. The van der Waals surface area contributed by atoms with Gasteiger partial charge in [0.2, 0.25) is 0 Å². The Hall–Kier alpha value is -1.76. The molecular formula is C14H6BrF5O. The fraction of sp³-hybridized carbons (Fsp3) is 0.0714. The highest BCUT2D eigenvalue weighted by molar-refractivity contribution is 9.10. The Bertz CT molecular complexity index is 709. The van der Waals surface area contributed by atoms with Gasteiger partial charge < -0.3 is 0 Å². The molecule has 0 fully saturated rings. The summed E-state index contributed by atoms with van der Waals surface area (Å²) >= 11 is 2.74. The van der Waals surface area contributed by atoms with Crippen molar-refractivity contribution in [2.75, 3.05) is 0 Å². The van der Waals surface area contributed by atoms with Crippen LogP contribution in [0.1, 0.15) is 21.5 Å². The summed E-state index contributed by atoms with van der Waals surface area (Å²) in [5.41, 5.74) is -1.88. The van der Waals surface area contributed by atoms with Crippen molar-refractivity contribution < 1.29 is 26.7 Å². The Morgan fingerprint density at radius 1 is 1.00 bits per heavy atom. The number of hydrogen-bond acceptors (Lipinski definition) is 1. The molecule has 2 rings (SSSR count). The van der Waals surface area contributed by atoms with Crippen LogP contribution in [0.25, 0.3) is 0 Å². The van der Waals surface area contributed by atoms with Crippen molar-refractivity contribution in [1.29, 1.82) is 0 Å². The molecule has 2 aromatic rings. The average molecular weight is 365 g/mol. The predicted octanol–water partition coefficient (Wildman–Crippen LogP) is 4.98. The van der Waals surface area contributed by atoms with Crippen molar-refractivity contribution in [2.24, 2.45) is 0 Å². The summed E-state index contributed by atoms with van der Waals surface area (Å²) in [5, 5.41) is 0. The fourth-order valence-corrected chi connectivity index (χ4v) is 2.18. The minimum atomic E-state index is -4.66. The van der Waals surface area contributed by atoms with Crippen LogP contribution in [-0.4, -0.2) is 5.78 Å². The van der Waals surface area contributed by atoms with E-state index in [1.807, 2.05) is 0 Å². The molecule has 0 heterocycles. The van der Waals surface area contributed by atoms with Crippen LogP contribution in [0.3, 0.4) is 0 Å². The lowest BCUT2D eigenvalue weighted by Crippen LogP contribution is -2.10. The lowest BCUT2D eigenvalue weighted by molar-refractivity contribution is -0.138. The average Bonchev–Trinajstić information content (AvgIpc) is 2.37. The Labute approximate surface area is 124 Å². The molecule has 0 unspecified atom stereocenters. The first-order chi connectivity index (χ1) is 9.70. The lowest BCUT2D eigenvalue weighted by Gasteiger charge is -2.11.